The van der Waals surface area contributed by atoms with Crippen LogP contribution in [0.25, 0.3) is 71.3 Å². The number of para-hydroxylation sites is 1. The topological polar surface area (TPSA) is 21.1 Å². The molecule has 3 nitrogen and oxygen atoms in total. The molecule has 0 fully saturated rings. The van der Waals surface area contributed by atoms with Gasteiger partial charge in [0.05, 0.1) is 22.9 Å². The van der Waals surface area contributed by atoms with Crippen molar-refractivity contribution in [1.82, 2.24) is 9.55 Å². The molecule has 10 rings (SSSR count). The van der Waals surface area contributed by atoms with Crippen LogP contribution >= 0.6 is 0 Å². The van der Waals surface area contributed by atoms with Crippen molar-refractivity contribution >= 4 is 60.4 Å². The van der Waals surface area contributed by atoms with Gasteiger partial charge in [0.1, 0.15) is 0 Å². The predicted octanol–water partition coefficient (Wildman–Crippen LogP) is 12.7. The zero-order valence-corrected chi connectivity index (χ0v) is 27.2. The van der Waals surface area contributed by atoms with E-state index in [4.69, 9.17) is 0 Å². The van der Waals surface area contributed by atoms with Gasteiger partial charge in [-0.1, -0.05) is 115 Å². The molecule has 0 saturated heterocycles. The summed E-state index contributed by atoms with van der Waals surface area (Å²) in [4.78, 5) is 6.70. The number of benzene rings is 8. The molecule has 0 N–H and O–H groups in total. The van der Waals surface area contributed by atoms with Gasteiger partial charge >= 0.3 is 0 Å². The lowest BCUT2D eigenvalue weighted by Crippen LogP contribution is -2.10. The van der Waals surface area contributed by atoms with E-state index in [2.05, 4.69) is 184 Å². The molecule has 0 saturated carbocycles. The van der Waals surface area contributed by atoms with Gasteiger partial charge in [-0.3, -0.25) is 4.98 Å². The maximum absolute atomic E-state index is 4.43. The average Bonchev–Trinajstić information content (AvgIpc) is 3.54. The molecule has 0 bridgehead atoms. The van der Waals surface area contributed by atoms with E-state index in [0.29, 0.717) is 0 Å². The molecule has 0 unspecified atom stereocenters. The fourth-order valence-electron chi connectivity index (χ4n) is 7.69. The van der Waals surface area contributed by atoms with E-state index in [1.165, 1.54) is 71.3 Å². The van der Waals surface area contributed by atoms with Gasteiger partial charge < -0.3 is 9.47 Å². The van der Waals surface area contributed by atoms with Crippen LogP contribution < -0.4 is 4.90 Å². The number of hydrogen-bond acceptors (Lipinski definition) is 2. The fraction of sp³-hybridized carbons (Fsp3) is 0. The van der Waals surface area contributed by atoms with Crippen LogP contribution in [0.2, 0.25) is 0 Å². The zero-order valence-electron chi connectivity index (χ0n) is 27.2. The van der Waals surface area contributed by atoms with Crippen LogP contribution in [0.15, 0.2) is 188 Å². The standard InChI is InChI=1S/C47H31N3/c1-2-11-38(12-3-1)50-44-14-6-10-36-22-26-43-42(27-28-45(50)47(43)46(36)44)35-17-15-33(16-18-35)34-19-23-39(24-20-34)49(41-13-7-29-48-31-41)40-25-21-32-8-4-5-9-37(32)30-40/h1-31H. The molecule has 234 valence electrons. The number of pyridine rings is 1. The second-order valence-electron chi connectivity index (χ2n) is 12.9. The summed E-state index contributed by atoms with van der Waals surface area (Å²) >= 11 is 0. The van der Waals surface area contributed by atoms with Crippen LogP contribution in [0, 0.1) is 0 Å². The molecule has 0 aliphatic carbocycles. The third-order valence-corrected chi connectivity index (χ3v) is 10.0. The third-order valence-electron chi connectivity index (χ3n) is 10.0. The Morgan fingerprint density at radius 3 is 1.90 bits per heavy atom. The van der Waals surface area contributed by atoms with Crippen LogP contribution in [0.4, 0.5) is 17.1 Å². The van der Waals surface area contributed by atoms with Crippen molar-refractivity contribution in [2.75, 3.05) is 4.90 Å². The normalized spacial score (nSPS) is 11.6. The van der Waals surface area contributed by atoms with Crippen molar-refractivity contribution in [3.8, 4) is 27.9 Å². The smallest absolute Gasteiger partial charge is 0.0644 e. The first-order valence-corrected chi connectivity index (χ1v) is 17.0. The maximum Gasteiger partial charge on any atom is 0.0644 e. The van der Waals surface area contributed by atoms with Crippen molar-refractivity contribution < 1.29 is 0 Å². The van der Waals surface area contributed by atoms with E-state index < -0.39 is 0 Å². The van der Waals surface area contributed by atoms with Crippen LogP contribution in [0.3, 0.4) is 0 Å². The lowest BCUT2D eigenvalue weighted by atomic mass is 9.93. The molecule has 0 amide bonds. The molecule has 0 aliphatic rings. The van der Waals surface area contributed by atoms with E-state index in [1.807, 2.05) is 18.5 Å². The molecule has 0 spiro atoms. The lowest BCUT2D eigenvalue weighted by Gasteiger charge is -2.25. The van der Waals surface area contributed by atoms with E-state index in [9.17, 15) is 0 Å². The molecule has 0 aliphatic heterocycles. The highest BCUT2D eigenvalue weighted by molar-refractivity contribution is 6.26. The number of aromatic nitrogens is 2. The Morgan fingerprint density at radius 2 is 1.10 bits per heavy atom. The summed E-state index contributed by atoms with van der Waals surface area (Å²) in [6, 6.07) is 63.5. The first-order valence-electron chi connectivity index (χ1n) is 17.0. The summed E-state index contributed by atoms with van der Waals surface area (Å²) in [7, 11) is 0. The minimum Gasteiger partial charge on any atom is -0.309 e. The van der Waals surface area contributed by atoms with Crippen LogP contribution in [-0.4, -0.2) is 9.55 Å². The summed E-state index contributed by atoms with van der Waals surface area (Å²) in [6.45, 7) is 0. The first kappa shape index (κ1) is 28.3. The Balaban J connectivity index is 1.01. The summed E-state index contributed by atoms with van der Waals surface area (Å²) in [5, 5.41) is 7.64. The molecular formula is C47H31N3. The van der Waals surface area contributed by atoms with Gasteiger partial charge in [0, 0.05) is 34.0 Å². The van der Waals surface area contributed by atoms with Gasteiger partial charge in [-0.2, -0.15) is 0 Å². The summed E-state index contributed by atoms with van der Waals surface area (Å²) in [5.41, 5.74) is 11.7. The molecule has 50 heavy (non-hydrogen) atoms. The molecule has 2 heterocycles. The summed E-state index contributed by atoms with van der Waals surface area (Å²) in [5.74, 6) is 0. The molecule has 0 atom stereocenters. The lowest BCUT2D eigenvalue weighted by molar-refractivity contribution is 1.18. The van der Waals surface area contributed by atoms with Crippen molar-refractivity contribution in [3.63, 3.8) is 0 Å². The van der Waals surface area contributed by atoms with Crippen molar-refractivity contribution in [3.05, 3.63) is 188 Å². The second kappa shape index (κ2) is 11.5. The van der Waals surface area contributed by atoms with Crippen molar-refractivity contribution in [1.29, 1.82) is 0 Å². The Morgan fingerprint density at radius 1 is 0.420 bits per heavy atom. The van der Waals surface area contributed by atoms with Gasteiger partial charge in [0.25, 0.3) is 0 Å². The summed E-state index contributed by atoms with van der Waals surface area (Å²) in [6.07, 6.45) is 3.74. The molecule has 3 heteroatoms. The molecule has 10 aromatic rings. The van der Waals surface area contributed by atoms with Gasteiger partial charge in [-0.15, -0.1) is 0 Å². The first-order chi connectivity index (χ1) is 24.8. The highest BCUT2D eigenvalue weighted by Gasteiger charge is 2.19. The molecule has 0 radical (unpaired) electrons. The van der Waals surface area contributed by atoms with Crippen molar-refractivity contribution in [2.24, 2.45) is 0 Å². The fourth-order valence-corrected chi connectivity index (χ4v) is 7.69. The second-order valence-corrected chi connectivity index (χ2v) is 12.9. The van der Waals surface area contributed by atoms with Crippen LogP contribution in [0.1, 0.15) is 0 Å². The van der Waals surface area contributed by atoms with Gasteiger partial charge in [0.15, 0.2) is 0 Å². The molecule has 2 aromatic heterocycles. The summed E-state index contributed by atoms with van der Waals surface area (Å²) < 4.78 is 2.40. The largest absolute Gasteiger partial charge is 0.309 e. The number of rotatable bonds is 6. The number of anilines is 3. The van der Waals surface area contributed by atoms with E-state index in [-0.39, 0.29) is 0 Å². The third kappa shape index (κ3) is 4.56. The SMILES string of the molecule is c1ccc(-n2c3cccc4ccc5c(-c6ccc(-c7ccc(N(c8cccnc8)c8ccc9ccccc9c8)cc7)cc6)ccc2c5c43)cc1. The minimum atomic E-state index is 1.02. The number of fused-ring (bicyclic) bond motifs is 1. The van der Waals surface area contributed by atoms with E-state index >= 15 is 0 Å². The number of nitrogens with zero attached hydrogens (tertiary/aromatic N) is 3. The Bertz CT molecular complexity index is 2780. The monoisotopic (exact) mass is 637 g/mol. The quantitative estimate of drug-likeness (QED) is 0.169. The van der Waals surface area contributed by atoms with Crippen molar-refractivity contribution in [2.45, 2.75) is 0 Å². The highest BCUT2D eigenvalue weighted by Crippen LogP contribution is 2.43. The zero-order chi connectivity index (χ0) is 33.0. The van der Waals surface area contributed by atoms with E-state index in [0.717, 1.165) is 17.1 Å². The Labute approximate surface area is 290 Å². The van der Waals surface area contributed by atoms with Gasteiger partial charge in [-0.05, 0) is 104 Å². The molecule has 8 aromatic carbocycles. The Hall–Kier alpha value is -6.71. The minimum absolute atomic E-state index is 1.02. The van der Waals surface area contributed by atoms with Gasteiger partial charge in [0.2, 0.25) is 0 Å². The highest BCUT2D eigenvalue weighted by atomic mass is 15.1. The predicted molar refractivity (Wildman–Crippen MR) is 210 cm³/mol. The van der Waals surface area contributed by atoms with Gasteiger partial charge in [-0.25, -0.2) is 0 Å². The molecular weight excluding hydrogens is 607 g/mol. The number of hydrogen-bond donors (Lipinski definition) is 0. The van der Waals surface area contributed by atoms with Crippen LogP contribution in [-0.2, 0) is 0 Å². The van der Waals surface area contributed by atoms with Crippen LogP contribution in [0.5, 0.6) is 0 Å². The maximum atomic E-state index is 4.43. The van der Waals surface area contributed by atoms with E-state index in [1.54, 1.807) is 0 Å². The Kier molecular flexibility index (Phi) is 6.49. The average molecular weight is 638 g/mol.